The van der Waals surface area contributed by atoms with Gasteiger partial charge < -0.3 is 18.8 Å². The van der Waals surface area contributed by atoms with E-state index in [-0.39, 0.29) is 23.4 Å². The molecule has 5 aliphatic rings. The van der Waals surface area contributed by atoms with E-state index in [9.17, 15) is 0 Å². The van der Waals surface area contributed by atoms with Gasteiger partial charge in [-0.15, -0.1) is 0 Å². The summed E-state index contributed by atoms with van der Waals surface area (Å²) < 4.78 is 24.8. The van der Waals surface area contributed by atoms with E-state index in [4.69, 9.17) is 18.8 Å². The number of methoxy groups -OCH3 is 1. The Morgan fingerprint density at radius 2 is 1.50 bits per heavy atom. The van der Waals surface area contributed by atoms with Crippen molar-refractivity contribution in [2.75, 3.05) is 13.9 Å². The molecule has 1 aromatic carbocycles. The summed E-state index contributed by atoms with van der Waals surface area (Å²) in [7, 11) is 1.25. The van der Waals surface area contributed by atoms with Gasteiger partial charge in [-0.2, -0.15) is 0 Å². The monoisotopic (exact) mass is 440 g/mol. The maximum Gasteiger partial charge on any atom is 0.498 e. The van der Waals surface area contributed by atoms with Crippen LogP contribution < -0.4 is 10.2 Å². The average molecular weight is 440 g/mol. The van der Waals surface area contributed by atoms with E-state index in [1.807, 2.05) is 0 Å². The van der Waals surface area contributed by atoms with Gasteiger partial charge in [0.1, 0.15) is 5.75 Å². The van der Waals surface area contributed by atoms with Crippen molar-refractivity contribution in [2.24, 2.45) is 16.7 Å². The highest BCUT2D eigenvalue weighted by Crippen LogP contribution is 2.70. The van der Waals surface area contributed by atoms with E-state index < -0.39 is 7.12 Å². The third-order valence-electron chi connectivity index (χ3n) is 9.29. The smallest absolute Gasteiger partial charge is 0.468 e. The summed E-state index contributed by atoms with van der Waals surface area (Å²) in [5, 5.41) is 0. The highest BCUT2D eigenvalue weighted by molar-refractivity contribution is 6.63. The standard InChI is InChI=1S/C27H41BO4/c1-18-9-20(27-13-19-11-25(6,15-27)14-26(7,12-19)16-27)22(30-17-29-8)21(10-18)28-31-23(2,3)24(4,5)32-28/h9-10,19H,11-17H2,1-8H3. The molecule has 1 heterocycles. The first-order valence-corrected chi connectivity index (χ1v) is 12.4. The Balaban J connectivity index is 1.64. The zero-order chi connectivity index (χ0) is 23.2. The quantitative estimate of drug-likeness (QED) is 0.446. The minimum Gasteiger partial charge on any atom is -0.468 e. The third kappa shape index (κ3) is 3.46. The van der Waals surface area contributed by atoms with Gasteiger partial charge in [0.05, 0.1) is 11.2 Å². The molecule has 32 heavy (non-hydrogen) atoms. The van der Waals surface area contributed by atoms with Crippen LogP contribution in [0.5, 0.6) is 5.75 Å². The SMILES string of the molecule is COCOc1c(B2OC(C)(C)C(C)(C)O2)cc(C)cc1C12CC3CC(C)(CC(C)(C3)C1)C2. The van der Waals surface area contributed by atoms with Crippen LogP contribution in [-0.4, -0.2) is 32.2 Å². The van der Waals surface area contributed by atoms with E-state index in [2.05, 4.69) is 60.6 Å². The lowest BCUT2D eigenvalue weighted by molar-refractivity contribution is -0.110. The van der Waals surface area contributed by atoms with Crippen LogP contribution in [0.4, 0.5) is 0 Å². The molecule has 4 nitrogen and oxygen atoms in total. The lowest BCUT2D eigenvalue weighted by Crippen LogP contribution is -2.57. The molecule has 0 spiro atoms. The van der Waals surface area contributed by atoms with Crippen LogP contribution in [-0.2, 0) is 19.5 Å². The van der Waals surface area contributed by atoms with E-state index in [0.29, 0.717) is 10.8 Å². The Kier molecular flexibility index (Phi) is 4.97. The molecule has 0 radical (unpaired) electrons. The molecule has 0 N–H and O–H groups in total. The van der Waals surface area contributed by atoms with Gasteiger partial charge in [0.15, 0.2) is 6.79 Å². The summed E-state index contributed by atoms with van der Waals surface area (Å²) in [4.78, 5) is 0. The van der Waals surface area contributed by atoms with Crippen LogP contribution in [0.15, 0.2) is 12.1 Å². The van der Waals surface area contributed by atoms with Crippen molar-refractivity contribution in [3.63, 3.8) is 0 Å². The van der Waals surface area contributed by atoms with Crippen molar-refractivity contribution in [2.45, 2.75) is 104 Å². The maximum atomic E-state index is 6.50. The molecule has 4 saturated carbocycles. The van der Waals surface area contributed by atoms with E-state index in [0.717, 1.165) is 17.1 Å². The second-order valence-electron chi connectivity index (χ2n) is 13.3. The number of benzene rings is 1. The molecule has 6 rings (SSSR count). The summed E-state index contributed by atoms with van der Waals surface area (Å²) >= 11 is 0. The van der Waals surface area contributed by atoms with E-state index >= 15 is 0 Å². The number of hydrogen-bond acceptors (Lipinski definition) is 4. The van der Waals surface area contributed by atoms with E-state index in [1.54, 1.807) is 7.11 Å². The minimum absolute atomic E-state index is 0.163. The number of rotatable bonds is 5. The molecule has 4 bridgehead atoms. The molecule has 176 valence electrons. The van der Waals surface area contributed by atoms with Crippen molar-refractivity contribution >= 4 is 12.6 Å². The molecular formula is C27H41BO4. The van der Waals surface area contributed by atoms with E-state index in [1.165, 1.54) is 49.7 Å². The molecule has 1 saturated heterocycles. The van der Waals surface area contributed by atoms with Crippen molar-refractivity contribution in [1.29, 1.82) is 0 Å². The topological polar surface area (TPSA) is 36.9 Å². The second kappa shape index (κ2) is 6.99. The molecule has 0 aromatic heterocycles. The molecule has 4 aliphatic carbocycles. The van der Waals surface area contributed by atoms with Gasteiger partial charge in [-0.3, -0.25) is 0 Å². The second-order valence-corrected chi connectivity index (χ2v) is 13.3. The zero-order valence-electron chi connectivity index (χ0n) is 21.4. The average Bonchev–Trinajstić information content (AvgIpc) is 2.84. The van der Waals surface area contributed by atoms with Crippen LogP contribution in [0.2, 0.25) is 0 Å². The highest BCUT2D eigenvalue weighted by Gasteiger charge is 2.61. The Labute approximate surface area is 194 Å². The van der Waals surface area contributed by atoms with Gasteiger partial charge in [0, 0.05) is 23.6 Å². The molecule has 5 heteroatoms. The Morgan fingerprint density at radius 1 is 0.906 bits per heavy atom. The van der Waals surface area contributed by atoms with Crippen LogP contribution in [0, 0.1) is 23.7 Å². The Bertz CT molecular complexity index is 888. The van der Waals surface area contributed by atoms with Crippen LogP contribution >= 0.6 is 0 Å². The maximum absolute atomic E-state index is 6.50. The Morgan fingerprint density at radius 3 is 2.03 bits per heavy atom. The van der Waals surface area contributed by atoms with Crippen molar-refractivity contribution in [3.05, 3.63) is 23.3 Å². The van der Waals surface area contributed by atoms with Crippen LogP contribution in [0.25, 0.3) is 0 Å². The molecule has 2 atom stereocenters. The summed E-state index contributed by atoms with van der Waals surface area (Å²) in [6.07, 6.45) is 7.91. The number of aryl methyl sites for hydroxylation is 1. The van der Waals surface area contributed by atoms with Gasteiger partial charge in [-0.1, -0.05) is 31.5 Å². The summed E-state index contributed by atoms with van der Waals surface area (Å²) in [5.41, 5.74) is 3.88. The fourth-order valence-corrected chi connectivity index (χ4v) is 8.37. The first-order chi connectivity index (χ1) is 14.8. The van der Waals surface area contributed by atoms with Crippen molar-refractivity contribution in [3.8, 4) is 5.75 Å². The van der Waals surface area contributed by atoms with Gasteiger partial charge in [0.25, 0.3) is 0 Å². The van der Waals surface area contributed by atoms with Gasteiger partial charge in [-0.25, -0.2) is 0 Å². The molecule has 1 aliphatic heterocycles. The predicted octanol–water partition coefficient (Wildman–Crippen LogP) is 5.52. The third-order valence-corrected chi connectivity index (χ3v) is 9.29. The highest BCUT2D eigenvalue weighted by atomic mass is 16.7. The van der Waals surface area contributed by atoms with Crippen LogP contribution in [0.3, 0.4) is 0 Å². The first kappa shape index (κ1) is 22.7. The van der Waals surface area contributed by atoms with Crippen molar-refractivity contribution < 1.29 is 18.8 Å². The van der Waals surface area contributed by atoms with Gasteiger partial charge in [0.2, 0.25) is 0 Å². The number of hydrogen-bond donors (Lipinski definition) is 0. The predicted molar refractivity (Wildman–Crippen MR) is 128 cm³/mol. The zero-order valence-corrected chi connectivity index (χ0v) is 21.4. The Hall–Kier alpha value is -1.04. The summed E-state index contributed by atoms with van der Waals surface area (Å²) in [6, 6.07) is 4.58. The fourth-order valence-electron chi connectivity index (χ4n) is 8.37. The van der Waals surface area contributed by atoms with Crippen LogP contribution in [0.1, 0.15) is 91.2 Å². The number of ether oxygens (including phenoxy) is 2. The van der Waals surface area contributed by atoms with Gasteiger partial charge in [-0.05, 0) is 89.9 Å². The molecule has 2 unspecified atom stereocenters. The first-order valence-electron chi connectivity index (χ1n) is 12.4. The summed E-state index contributed by atoms with van der Waals surface area (Å²) in [6.45, 7) is 15.9. The lowest BCUT2D eigenvalue weighted by Gasteiger charge is -2.65. The molecule has 5 fully saturated rings. The van der Waals surface area contributed by atoms with Gasteiger partial charge >= 0.3 is 7.12 Å². The van der Waals surface area contributed by atoms with Crippen molar-refractivity contribution in [1.82, 2.24) is 0 Å². The minimum atomic E-state index is -0.439. The largest absolute Gasteiger partial charge is 0.498 e. The molecular weight excluding hydrogens is 399 g/mol. The molecule has 0 amide bonds. The normalized spacial score (nSPS) is 39.0. The summed E-state index contributed by atoms with van der Waals surface area (Å²) in [5.74, 6) is 1.75. The lowest BCUT2D eigenvalue weighted by atomic mass is 9.39. The molecule has 1 aromatic rings. The fraction of sp³-hybridized carbons (Fsp3) is 0.778.